The Morgan fingerprint density at radius 3 is 2.68 bits per heavy atom. The van der Waals surface area contributed by atoms with Gasteiger partial charge in [-0.15, -0.1) is 0 Å². The molecule has 2 heterocycles. The van der Waals surface area contributed by atoms with Crippen LogP contribution in [0, 0.1) is 18.3 Å². The van der Waals surface area contributed by atoms with Crippen LogP contribution in [-0.4, -0.2) is 20.7 Å². The monoisotopic (exact) mass is 367 g/mol. The van der Waals surface area contributed by atoms with E-state index in [2.05, 4.69) is 16.5 Å². The average molecular weight is 367 g/mol. The zero-order valence-electron chi connectivity index (χ0n) is 15.5. The minimum Gasteiger partial charge on any atom is -0.320 e. The molecule has 28 heavy (non-hydrogen) atoms. The maximum absolute atomic E-state index is 12.4. The number of aryl methyl sites for hydroxylation is 2. The molecule has 0 unspecified atom stereocenters. The van der Waals surface area contributed by atoms with Crippen LogP contribution < -0.4 is 5.32 Å². The van der Waals surface area contributed by atoms with Gasteiger partial charge >= 0.3 is 0 Å². The third-order valence-electron chi connectivity index (χ3n) is 4.64. The average Bonchev–Trinajstić information content (AvgIpc) is 3.14. The van der Waals surface area contributed by atoms with Gasteiger partial charge in [0.15, 0.2) is 0 Å². The molecule has 6 nitrogen and oxygen atoms in total. The van der Waals surface area contributed by atoms with Crippen molar-refractivity contribution in [3.63, 3.8) is 0 Å². The lowest BCUT2D eigenvalue weighted by Gasteiger charge is -2.11. The molecule has 0 radical (unpaired) electrons. The summed E-state index contributed by atoms with van der Waals surface area (Å²) < 4.78 is 1.54. The maximum Gasteiger partial charge on any atom is 0.273 e. The van der Waals surface area contributed by atoms with E-state index in [9.17, 15) is 4.79 Å². The van der Waals surface area contributed by atoms with Crippen molar-refractivity contribution in [2.24, 2.45) is 7.05 Å². The number of fused-ring (bicyclic) bond motifs is 1. The number of nitrogens with zero attached hydrogens (tertiary/aromatic N) is 4. The molecule has 1 N–H and O–H groups in total. The van der Waals surface area contributed by atoms with Crippen molar-refractivity contribution in [3.8, 4) is 17.3 Å². The van der Waals surface area contributed by atoms with Crippen LogP contribution in [0.3, 0.4) is 0 Å². The molecule has 4 aromatic rings. The molecule has 0 aliphatic rings. The summed E-state index contributed by atoms with van der Waals surface area (Å²) in [7, 11) is 1.73. The van der Waals surface area contributed by atoms with Crippen molar-refractivity contribution in [1.82, 2.24) is 14.8 Å². The number of carbonyl (C=O) groups is 1. The Balaban J connectivity index is 1.62. The lowest BCUT2D eigenvalue weighted by molar-refractivity contribution is 0.101. The Labute approximate surface area is 162 Å². The minimum absolute atomic E-state index is 0.201. The first-order valence-electron chi connectivity index (χ1n) is 8.76. The van der Waals surface area contributed by atoms with Gasteiger partial charge in [-0.3, -0.25) is 9.48 Å². The minimum atomic E-state index is -0.201. The Morgan fingerprint density at radius 1 is 1.11 bits per heavy atom. The predicted octanol–water partition coefficient (Wildman–Crippen LogP) is 4.07. The first-order chi connectivity index (χ1) is 13.5. The number of rotatable bonds is 3. The molecular formula is C22H17N5O. The van der Waals surface area contributed by atoms with Crippen molar-refractivity contribution in [2.45, 2.75) is 6.92 Å². The summed E-state index contributed by atoms with van der Waals surface area (Å²) in [5.74, 6) is -0.201. The number of anilines is 1. The van der Waals surface area contributed by atoms with Crippen LogP contribution in [0.2, 0.25) is 0 Å². The normalized spacial score (nSPS) is 10.6. The molecule has 0 aliphatic heterocycles. The van der Waals surface area contributed by atoms with Crippen molar-refractivity contribution < 1.29 is 4.79 Å². The molecule has 0 fully saturated rings. The van der Waals surface area contributed by atoms with Gasteiger partial charge in [0.25, 0.3) is 5.91 Å². The summed E-state index contributed by atoms with van der Waals surface area (Å²) in [4.78, 5) is 17.1. The maximum atomic E-state index is 12.4. The fourth-order valence-corrected chi connectivity index (χ4v) is 3.10. The number of nitriles is 1. The van der Waals surface area contributed by atoms with E-state index in [-0.39, 0.29) is 5.91 Å². The van der Waals surface area contributed by atoms with Gasteiger partial charge in [0, 0.05) is 29.9 Å². The second-order valence-corrected chi connectivity index (χ2v) is 6.54. The zero-order chi connectivity index (χ0) is 19.7. The summed E-state index contributed by atoms with van der Waals surface area (Å²) in [5.41, 5.74) is 5.43. The summed E-state index contributed by atoms with van der Waals surface area (Å²) in [5, 5.41) is 16.9. The topological polar surface area (TPSA) is 83.6 Å². The van der Waals surface area contributed by atoms with E-state index in [0.717, 1.165) is 33.4 Å². The highest BCUT2D eigenvalue weighted by atomic mass is 16.2. The number of amides is 1. The second-order valence-electron chi connectivity index (χ2n) is 6.54. The smallest absolute Gasteiger partial charge is 0.273 e. The van der Waals surface area contributed by atoms with Gasteiger partial charge < -0.3 is 5.32 Å². The van der Waals surface area contributed by atoms with Crippen LogP contribution in [0.25, 0.3) is 22.2 Å². The molecular weight excluding hydrogens is 350 g/mol. The fourth-order valence-electron chi connectivity index (χ4n) is 3.10. The van der Waals surface area contributed by atoms with Gasteiger partial charge in [-0.1, -0.05) is 12.1 Å². The molecule has 0 bridgehead atoms. The third kappa shape index (κ3) is 3.21. The van der Waals surface area contributed by atoms with E-state index in [0.29, 0.717) is 11.3 Å². The van der Waals surface area contributed by atoms with E-state index in [1.165, 1.54) is 4.68 Å². The van der Waals surface area contributed by atoms with Gasteiger partial charge in [-0.2, -0.15) is 10.4 Å². The summed E-state index contributed by atoms with van der Waals surface area (Å²) in [6, 6.07) is 19.0. The number of carbonyl (C=O) groups excluding carboxylic acids is 1. The Hall–Kier alpha value is -3.98. The highest BCUT2D eigenvalue weighted by Crippen LogP contribution is 2.26. The molecule has 0 saturated heterocycles. The molecule has 1 amide bonds. The second kappa shape index (κ2) is 6.97. The molecule has 0 spiro atoms. The zero-order valence-corrected chi connectivity index (χ0v) is 15.5. The van der Waals surface area contributed by atoms with Crippen LogP contribution in [0.5, 0.6) is 0 Å². The summed E-state index contributed by atoms with van der Waals surface area (Å²) >= 11 is 0. The van der Waals surface area contributed by atoms with Crippen LogP contribution >= 0.6 is 0 Å². The van der Waals surface area contributed by atoms with Crippen LogP contribution in [0.15, 0.2) is 60.8 Å². The Morgan fingerprint density at radius 2 is 1.96 bits per heavy atom. The highest BCUT2D eigenvalue weighted by molar-refractivity contribution is 6.03. The summed E-state index contributed by atoms with van der Waals surface area (Å²) in [6.07, 6.45) is 1.59. The molecule has 136 valence electrons. The molecule has 2 aromatic heterocycles. The quantitative estimate of drug-likeness (QED) is 0.592. The molecule has 6 heteroatoms. The van der Waals surface area contributed by atoms with Crippen molar-refractivity contribution >= 4 is 22.5 Å². The number of aromatic nitrogens is 3. The number of nitrogens with one attached hydrogen (secondary N) is 1. The largest absolute Gasteiger partial charge is 0.320 e. The first-order valence-corrected chi connectivity index (χ1v) is 8.76. The molecule has 0 saturated carbocycles. The number of hydrogen-bond acceptors (Lipinski definition) is 4. The SMILES string of the molecule is Cc1cc(-c2ccc3cc(C#N)ccc3n2)ccc1NC(=O)c1ccnn1C. The molecule has 4 rings (SSSR count). The lowest BCUT2D eigenvalue weighted by atomic mass is 10.0. The van der Waals surface area contributed by atoms with Crippen molar-refractivity contribution in [3.05, 3.63) is 77.6 Å². The lowest BCUT2D eigenvalue weighted by Crippen LogP contribution is -2.16. The van der Waals surface area contributed by atoms with Gasteiger partial charge in [-0.25, -0.2) is 4.98 Å². The highest BCUT2D eigenvalue weighted by Gasteiger charge is 2.12. The number of pyridine rings is 1. The van der Waals surface area contributed by atoms with Gasteiger partial charge in [-0.05, 0) is 55.0 Å². The van der Waals surface area contributed by atoms with E-state index >= 15 is 0 Å². The fraction of sp³-hybridized carbons (Fsp3) is 0.0909. The first kappa shape index (κ1) is 17.4. The standard InChI is InChI=1S/C22H17N5O/c1-14-11-16(4-7-18(14)26-22(28)21-9-10-24-27(21)2)20-8-5-17-12-15(13-23)3-6-19(17)25-20/h3-12H,1-2H3,(H,26,28). The van der Waals surface area contributed by atoms with Crippen LogP contribution in [0.1, 0.15) is 21.6 Å². The van der Waals surface area contributed by atoms with Gasteiger partial charge in [0.05, 0.1) is 22.8 Å². The van der Waals surface area contributed by atoms with Crippen molar-refractivity contribution in [1.29, 1.82) is 5.26 Å². The van der Waals surface area contributed by atoms with Crippen LogP contribution in [0.4, 0.5) is 5.69 Å². The van der Waals surface area contributed by atoms with E-state index < -0.39 is 0 Å². The van der Waals surface area contributed by atoms with Gasteiger partial charge in [0.2, 0.25) is 0 Å². The molecule has 0 atom stereocenters. The molecule has 0 aliphatic carbocycles. The third-order valence-corrected chi connectivity index (χ3v) is 4.64. The Kier molecular flexibility index (Phi) is 4.34. The predicted molar refractivity (Wildman–Crippen MR) is 108 cm³/mol. The Bertz CT molecular complexity index is 1250. The molecule has 2 aromatic carbocycles. The van der Waals surface area contributed by atoms with E-state index in [4.69, 9.17) is 10.2 Å². The van der Waals surface area contributed by atoms with Crippen LogP contribution in [-0.2, 0) is 7.05 Å². The van der Waals surface area contributed by atoms with Gasteiger partial charge in [0.1, 0.15) is 5.69 Å². The number of hydrogen-bond donors (Lipinski definition) is 1. The number of benzene rings is 2. The van der Waals surface area contributed by atoms with E-state index in [1.54, 1.807) is 25.4 Å². The van der Waals surface area contributed by atoms with Crippen molar-refractivity contribution in [2.75, 3.05) is 5.32 Å². The summed E-state index contributed by atoms with van der Waals surface area (Å²) in [6.45, 7) is 1.95. The van der Waals surface area contributed by atoms with E-state index in [1.807, 2.05) is 49.4 Å².